The van der Waals surface area contributed by atoms with Crippen molar-refractivity contribution in [2.75, 3.05) is 17.2 Å². The Morgan fingerprint density at radius 1 is 1.08 bits per heavy atom. The highest BCUT2D eigenvalue weighted by atomic mass is 16.1. The van der Waals surface area contributed by atoms with Gasteiger partial charge in [-0.2, -0.15) is 5.26 Å². The van der Waals surface area contributed by atoms with Crippen LogP contribution in [0.15, 0.2) is 48.5 Å². The number of nitrogens with one attached hydrogen (secondary N) is 2. The number of benzene rings is 2. The zero-order valence-corrected chi connectivity index (χ0v) is 14.4. The maximum Gasteiger partial charge on any atom is 0.243 e. The summed E-state index contributed by atoms with van der Waals surface area (Å²) in [5.74, 6) is -0.105. The van der Waals surface area contributed by atoms with Gasteiger partial charge in [-0.05, 0) is 34.7 Å². The van der Waals surface area contributed by atoms with Gasteiger partial charge in [-0.15, -0.1) is 0 Å². The Kier molecular flexibility index (Phi) is 5.59. The molecule has 2 aromatic carbocycles. The molecule has 0 spiro atoms. The van der Waals surface area contributed by atoms with Crippen molar-refractivity contribution < 1.29 is 4.79 Å². The lowest BCUT2D eigenvalue weighted by atomic mass is 9.86. The number of para-hydroxylation sites is 1. The Labute approximate surface area is 143 Å². The molecule has 124 valence electrons. The second kappa shape index (κ2) is 7.65. The predicted octanol–water partition coefficient (Wildman–Crippen LogP) is 4.10. The van der Waals surface area contributed by atoms with Crippen LogP contribution in [-0.2, 0) is 16.6 Å². The molecule has 0 bridgehead atoms. The van der Waals surface area contributed by atoms with Crippen molar-refractivity contribution in [1.29, 1.82) is 5.26 Å². The van der Waals surface area contributed by atoms with Crippen LogP contribution in [0.4, 0.5) is 11.4 Å². The van der Waals surface area contributed by atoms with Crippen LogP contribution in [0.3, 0.4) is 0 Å². The Morgan fingerprint density at radius 2 is 1.75 bits per heavy atom. The first-order chi connectivity index (χ1) is 11.4. The van der Waals surface area contributed by atoms with Crippen LogP contribution in [0.2, 0.25) is 0 Å². The lowest BCUT2D eigenvalue weighted by molar-refractivity contribution is -0.114. The normalized spacial score (nSPS) is 10.8. The van der Waals surface area contributed by atoms with E-state index in [0.29, 0.717) is 6.42 Å². The van der Waals surface area contributed by atoms with Crippen LogP contribution in [0.5, 0.6) is 0 Å². The standard InChI is InChI=1S/C20H23N3O/c1-20(2,3)17-6-4-5-7-18(17)22-14-19(24)23-16-10-8-15(9-11-16)12-13-21/h4-11,22H,12,14H2,1-3H3,(H,23,24). The van der Waals surface area contributed by atoms with Gasteiger partial charge in [0.05, 0.1) is 19.0 Å². The fraction of sp³-hybridized carbons (Fsp3) is 0.300. The molecular weight excluding hydrogens is 298 g/mol. The van der Waals surface area contributed by atoms with Gasteiger partial charge >= 0.3 is 0 Å². The average molecular weight is 321 g/mol. The first-order valence-electron chi connectivity index (χ1n) is 7.99. The van der Waals surface area contributed by atoms with Gasteiger partial charge in [0.2, 0.25) is 5.91 Å². The van der Waals surface area contributed by atoms with Crippen molar-refractivity contribution >= 4 is 17.3 Å². The summed E-state index contributed by atoms with van der Waals surface area (Å²) in [5.41, 5.74) is 3.83. The Hall–Kier alpha value is -2.80. The second-order valence-electron chi connectivity index (χ2n) is 6.73. The molecule has 2 rings (SSSR count). The van der Waals surface area contributed by atoms with Crippen LogP contribution in [0.25, 0.3) is 0 Å². The largest absolute Gasteiger partial charge is 0.376 e. The van der Waals surface area contributed by atoms with E-state index in [4.69, 9.17) is 5.26 Å². The molecule has 4 nitrogen and oxygen atoms in total. The molecule has 0 fully saturated rings. The highest BCUT2D eigenvalue weighted by Crippen LogP contribution is 2.29. The van der Waals surface area contributed by atoms with Crippen molar-refractivity contribution in [2.24, 2.45) is 0 Å². The van der Waals surface area contributed by atoms with Gasteiger partial charge in [0, 0.05) is 11.4 Å². The predicted molar refractivity (Wildman–Crippen MR) is 98.0 cm³/mol. The molecule has 1 amide bonds. The van der Waals surface area contributed by atoms with E-state index in [2.05, 4.69) is 43.5 Å². The number of nitrogens with zero attached hydrogens (tertiary/aromatic N) is 1. The van der Waals surface area contributed by atoms with Crippen molar-refractivity contribution in [1.82, 2.24) is 0 Å². The van der Waals surface area contributed by atoms with Crippen LogP contribution >= 0.6 is 0 Å². The van der Waals surface area contributed by atoms with Crippen LogP contribution in [0.1, 0.15) is 31.9 Å². The van der Waals surface area contributed by atoms with E-state index in [1.54, 1.807) is 0 Å². The number of rotatable bonds is 5. The number of carbonyl (C=O) groups is 1. The quantitative estimate of drug-likeness (QED) is 0.871. The first-order valence-corrected chi connectivity index (χ1v) is 7.99. The molecule has 0 radical (unpaired) electrons. The number of nitriles is 1. The summed E-state index contributed by atoms with van der Waals surface area (Å²) in [6.45, 7) is 6.65. The molecule has 2 N–H and O–H groups in total. The van der Waals surface area contributed by atoms with E-state index in [-0.39, 0.29) is 17.9 Å². The average Bonchev–Trinajstić information content (AvgIpc) is 2.54. The lowest BCUT2D eigenvalue weighted by Crippen LogP contribution is -2.23. The molecular formula is C20H23N3O. The van der Waals surface area contributed by atoms with Gasteiger partial charge in [0.25, 0.3) is 0 Å². The summed E-state index contributed by atoms with van der Waals surface area (Å²) in [6.07, 6.45) is 0.374. The molecule has 0 aromatic heterocycles. The van der Waals surface area contributed by atoms with E-state index in [0.717, 1.165) is 16.9 Å². The molecule has 0 aliphatic heterocycles. The zero-order valence-electron chi connectivity index (χ0n) is 14.4. The third-order valence-corrected chi connectivity index (χ3v) is 3.70. The number of hydrogen-bond donors (Lipinski definition) is 2. The summed E-state index contributed by atoms with van der Waals surface area (Å²) in [5, 5.41) is 14.7. The summed E-state index contributed by atoms with van der Waals surface area (Å²) in [6, 6.07) is 17.5. The monoisotopic (exact) mass is 321 g/mol. The molecule has 0 heterocycles. The second-order valence-corrected chi connectivity index (χ2v) is 6.73. The summed E-state index contributed by atoms with van der Waals surface area (Å²) < 4.78 is 0. The SMILES string of the molecule is CC(C)(C)c1ccccc1NCC(=O)Nc1ccc(CC#N)cc1. The number of anilines is 2. The van der Waals surface area contributed by atoms with Gasteiger partial charge in [-0.25, -0.2) is 0 Å². The Balaban J connectivity index is 1.96. The molecule has 0 saturated carbocycles. The molecule has 0 atom stereocenters. The van der Waals surface area contributed by atoms with E-state index in [1.165, 1.54) is 5.56 Å². The minimum absolute atomic E-state index is 0.0106. The van der Waals surface area contributed by atoms with Crippen LogP contribution < -0.4 is 10.6 Å². The maximum absolute atomic E-state index is 12.1. The fourth-order valence-electron chi connectivity index (χ4n) is 2.47. The maximum atomic E-state index is 12.1. The number of carbonyl (C=O) groups excluding carboxylic acids is 1. The first kappa shape index (κ1) is 17.6. The molecule has 4 heteroatoms. The van der Waals surface area contributed by atoms with Crippen molar-refractivity contribution in [2.45, 2.75) is 32.6 Å². The molecule has 0 aliphatic rings. The van der Waals surface area contributed by atoms with Gasteiger partial charge in [0.15, 0.2) is 0 Å². The molecule has 0 saturated heterocycles. The fourth-order valence-corrected chi connectivity index (χ4v) is 2.47. The van der Waals surface area contributed by atoms with Crippen LogP contribution in [0, 0.1) is 11.3 Å². The molecule has 0 aliphatic carbocycles. The lowest BCUT2D eigenvalue weighted by Gasteiger charge is -2.23. The van der Waals surface area contributed by atoms with E-state index >= 15 is 0 Å². The molecule has 24 heavy (non-hydrogen) atoms. The molecule has 0 unspecified atom stereocenters. The van der Waals surface area contributed by atoms with Crippen molar-refractivity contribution in [3.8, 4) is 6.07 Å². The summed E-state index contributed by atoms with van der Waals surface area (Å²) in [4.78, 5) is 12.1. The topological polar surface area (TPSA) is 64.9 Å². The Morgan fingerprint density at radius 3 is 2.38 bits per heavy atom. The van der Waals surface area contributed by atoms with E-state index in [9.17, 15) is 4.79 Å². The minimum atomic E-state index is -0.105. The number of amides is 1. The van der Waals surface area contributed by atoms with E-state index < -0.39 is 0 Å². The summed E-state index contributed by atoms with van der Waals surface area (Å²) >= 11 is 0. The highest BCUT2D eigenvalue weighted by molar-refractivity contribution is 5.93. The third-order valence-electron chi connectivity index (χ3n) is 3.70. The smallest absolute Gasteiger partial charge is 0.243 e. The zero-order chi connectivity index (χ0) is 17.6. The summed E-state index contributed by atoms with van der Waals surface area (Å²) in [7, 11) is 0. The van der Waals surface area contributed by atoms with Gasteiger partial charge in [0.1, 0.15) is 0 Å². The Bertz CT molecular complexity index is 737. The van der Waals surface area contributed by atoms with Gasteiger partial charge in [-0.3, -0.25) is 4.79 Å². The highest BCUT2D eigenvalue weighted by Gasteiger charge is 2.17. The number of hydrogen-bond acceptors (Lipinski definition) is 3. The molecule has 2 aromatic rings. The third kappa shape index (κ3) is 4.85. The van der Waals surface area contributed by atoms with Gasteiger partial charge < -0.3 is 10.6 Å². The van der Waals surface area contributed by atoms with Gasteiger partial charge in [-0.1, -0.05) is 51.1 Å². The minimum Gasteiger partial charge on any atom is -0.376 e. The van der Waals surface area contributed by atoms with Crippen molar-refractivity contribution in [3.63, 3.8) is 0 Å². The van der Waals surface area contributed by atoms with Crippen LogP contribution in [-0.4, -0.2) is 12.5 Å². The van der Waals surface area contributed by atoms with Crippen molar-refractivity contribution in [3.05, 3.63) is 59.7 Å². The van der Waals surface area contributed by atoms with E-state index in [1.807, 2.05) is 42.5 Å².